The lowest BCUT2D eigenvalue weighted by Crippen LogP contribution is -2.18. The van der Waals surface area contributed by atoms with Crippen LogP contribution < -0.4 is 0 Å². The number of aromatic nitrogens is 2. The van der Waals surface area contributed by atoms with Gasteiger partial charge in [-0.15, -0.1) is 0 Å². The molecule has 1 aromatic heterocycles. The topological polar surface area (TPSA) is 47.3 Å². The second-order valence-corrected chi connectivity index (χ2v) is 5.13. The van der Waals surface area contributed by atoms with Crippen LogP contribution in [0.25, 0.3) is 10.9 Å². The van der Waals surface area contributed by atoms with E-state index in [4.69, 9.17) is 4.74 Å². The average molecular weight is 297 g/mol. The van der Waals surface area contributed by atoms with Gasteiger partial charge in [-0.25, -0.2) is 4.68 Å². The van der Waals surface area contributed by atoms with Gasteiger partial charge in [0.05, 0.1) is 16.2 Å². The molecule has 0 amide bonds. The van der Waals surface area contributed by atoms with Crippen LogP contribution in [-0.4, -0.2) is 21.5 Å². The minimum atomic E-state index is 0.0256. The smallest absolute Gasteiger partial charge is 0.150 e. The molecule has 2 heterocycles. The minimum Gasteiger partial charge on any atom is -0.507 e. The van der Waals surface area contributed by atoms with E-state index in [1.807, 2.05) is 10.7 Å². The number of hydrogen-bond donors (Lipinski definition) is 1. The summed E-state index contributed by atoms with van der Waals surface area (Å²) < 4.78 is 8.31. The van der Waals surface area contributed by atoms with Crippen molar-refractivity contribution in [3.63, 3.8) is 0 Å². The molecule has 1 unspecified atom stereocenters. The number of nitrogens with zero attached hydrogens (tertiary/aromatic N) is 2. The summed E-state index contributed by atoms with van der Waals surface area (Å²) in [6.45, 7) is 0.797. The number of fused-ring (bicyclic) bond motifs is 1. The van der Waals surface area contributed by atoms with Gasteiger partial charge in [-0.2, -0.15) is 5.10 Å². The van der Waals surface area contributed by atoms with E-state index in [0.29, 0.717) is 4.47 Å². The lowest BCUT2D eigenvalue weighted by Gasteiger charge is -2.23. The van der Waals surface area contributed by atoms with Gasteiger partial charge in [-0.1, -0.05) is 0 Å². The van der Waals surface area contributed by atoms with Crippen LogP contribution in [0.1, 0.15) is 25.5 Å². The number of aromatic hydroxyl groups is 1. The Kier molecular flexibility index (Phi) is 2.80. The Morgan fingerprint density at radius 3 is 3.06 bits per heavy atom. The van der Waals surface area contributed by atoms with Crippen molar-refractivity contribution >= 4 is 26.8 Å². The fraction of sp³-hybridized carbons (Fsp3) is 0.417. The van der Waals surface area contributed by atoms with E-state index in [1.165, 1.54) is 6.42 Å². The summed E-state index contributed by atoms with van der Waals surface area (Å²) in [5.74, 6) is 0.238. The van der Waals surface area contributed by atoms with E-state index in [0.717, 1.165) is 30.4 Å². The number of phenolic OH excluding ortho intramolecular Hbond substituents is 1. The number of phenols is 1. The molecule has 17 heavy (non-hydrogen) atoms. The number of ether oxygens (including phenoxy) is 1. The van der Waals surface area contributed by atoms with Gasteiger partial charge in [0.2, 0.25) is 0 Å². The van der Waals surface area contributed by atoms with Crippen molar-refractivity contribution in [2.45, 2.75) is 25.5 Å². The molecular weight excluding hydrogens is 284 g/mol. The molecule has 0 saturated carbocycles. The zero-order chi connectivity index (χ0) is 11.8. The minimum absolute atomic E-state index is 0.0256. The van der Waals surface area contributed by atoms with Crippen LogP contribution in [0, 0.1) is 0 Å². The quantitative estimate of drug-likeness (QED) is 0.879. The number of halogens is 1. The number of rotatable bonds is 1. The summed E-state index contributed by atoms with van der Waals surface area (Å²) in [6.07, 6.45) is 5.08. The van der Waals surface area contributed by atoms with Crippen molar-refractivity contribution in [2.24, 2.45) is 0 Å². The highest BCUT2D eigenvalue weighted by molar-refractivity contribution is 9.10. The molecule has 1 aliphatic heterocycles. The Hall–Kier alpha value is -1.07. The van der Waals surface area contributed by atoms with Crippen LogP contribution in [-0.2, 0) is 4.74 Å². The van der Waals surface area contributed by atoms with Crippen LogP contribution in [0.3, 0.4) is 0 Å². The average Bonchev–Trinajstić information content (AvgIpc) is 2.74. The first-order valence-corrected chi connectivity index (χ1v) is 6.52. The fourth-order valence-corrected chi connectivity index (χ4v) is 2.53. The predicted molar refractivity (Wildman–Crippen MR) is 67.9 cm³/mol. The molecule has 3 rings (SSSR count). The van der Waals surface area contributed by atoms with Crippen LogP contribution in [0.2, 0.25) is 0 Å². The molecule has 90 valence electrons. The zero-order valence-electron chi connectivity index (χ0n) is 9.27. The summed E-state index contributed by atoms with van der Waals surface area (Å²) in [6, 6.07) is 3.60. The van der Waals surface area contributed by atoms with E-state index in [-0.39, 0.29) is 12.0 Å². The SMILES string of the molecule is Oc1cc2cnn(C3CCCCO3)c2cc1Br. The second kappa shape index (κ2) is 4.31. The maximum atomic E-state index is 9.62. The summed E-state index contributed by atoms with van der Waals surface area (Å²) in [7, 11) is 0. The number of hydrogen-bond acceptors (Lipinski definition) is 3. The first-order valence-electron chi connectivity index (χ1n) is 5.73. The molecule has 0 spiro atoms. The maximum Gasteiger partial charge on any atom is 0.150 e. The van der Waals surface area contributed by atoms with Crippen molar-refractivity contribution in [1.82, 2.24) is 9.78 Å². The molecule has 0 aliphatic carbocycles. The molecule has 0 radical (unpaired) electrons. The monoisotopic (exact) mass is 296 g/mol. The third kappa shape index (κ3) is 1.93. The molecule has 1 N–H and O–H groups in total. The predicted octanol–water partition coefficient (Wildman–Crippen LogP) is 3.20. The summed E-state index contributed by atoms with van der Waals surface area (Å²) in [4.78, 5) is 0. The first kappa shape index (κ1) is 11.0. The molecule has 1 atom stereocenters. The van der Waals surface area contributed by atoms with Gasteiger partial charge in [0, 0.05) is 12.0 Å². The van der Waals surface area contributed by atoms with Crippen molar-refractivity contribution in [2.75, 3.05) is 6.61 Å². The molecule has 1 fully saturated rings. The zero-order valence-corrected chi connectivity index (χ0v) is 10.9. The second-order valence-electron chi connectivity index (χ2n) is 4.27. The molecule has 1 saturated heterocycles. The van der Waals surface area contributed by atoms with E-state index >= 15 is 0 Å². The highest BCUT2D eigenvalue weighted by Gasteiger charge is 2.19. The maximum absolute atomic E-state index is 9.62. The van der Waals surface area contributed by atoms with Crippen molar-refractivity contribution in [3.05, 3.63) is 22.8 Å². The highest BCUT2D eigenvalue weighted by Crippen LogP contribution is 2.32. The summed E-state index contributed by atoms with van der Waals surface area (Å²) in [5, 5.41) is 14.9. The standard InChI is InChI=1S/C12H13BrN2O2/c13-9-6-10-8(5-11(9)16)7-14-15(10)12-3-1-2-4-17-12/h5-7,12,16H,1-4H2. The number of benzene rings is 1. The Morgan fingerprint density at radius 2 is 2.29 bits per heavy atom. The Labute approximate surface area is 107 Å². The Balaban J connectivity index is 2.07. The third-order valence-corrected chi connectivity index (χ3v) is 3.73. The lowest BCUT2D eigenvalue weighted by atomic mass is 10.2. The lowest BCUT2D eigenvalue weighted by molar-refractivity contribution is -0.0366. The van der Waals surface area contributed by atoms with E-state index in [9.17, 15) is 5.11 Å². The van der Waals surface area contributed by atoms with Crippen molar-refractivity contribution in [3.8, 4) is 5.75 Å². The van der Waals surface area contributed by atoms with Crippen molar-refractivity contribution in [1.29, 1.82) is 0 Å². The molecule has 4 nitrogen and oxygen atoms in total. The molecule has 1 aliphatic rings. The van der Waals surface area contributed by atoms with Crippen LogP contribution >= 0.6 is 15.9 Å². The first-order chi connectivity index (χ1) is 8.25. The molecule has 5 heteroatoms. The highest BCUT2D eigenvalue weighted by atomic mass is 79.9. The van der Waals surface area contributed by atoms with Crippen molar-refractivity contribution < 1.29 is 9.84 Å². The van der Waals surface area contributed by atoms with E-state index < -0.39 is 0 Å². The van der Waals surface area contributed by atoms with Gasteiger partial charge >= 0.3 is 0 Å². The fourth-order valence-electron chi connectivity index (χ4n) is 2.20. The normalized spacial score (nSPS) is 20.9. The largest absolute Gasteiger partial charge is 0.507 e. The van der Waals surface area contributed by atoms with Gasteiger partial charge in [0.15, 0.2) is 6.23 Å². The molecule has 2 aromatic rings. The third-order valence-electron chi connectivity index (χ3n) is 3.09. The van der Waals surface area contributed by atoms with Gasteiger partial charge in [0.1, 0.15) is 5.75 Å². The van der Waals surface area contributed by atoms with Gasteiger partial charge < -0.3 is 9.84 Å². The Bertz CT molecular complexity index is 547. The van der Waals surface area contributed by atoms with E-state index in [2.05, 4.69) is 21.0 Å². The van der Waals surface area contributed by atoms with Gasteiger partial charge in [-0.05, 0) is 47.3 Å². The van der Waals surface area contributed by atoms with Gasteiger partial charge in [-0.3, -0.25) is 0 Å². The molecule has 1 aromatic carbocycles. The van der Waals surface area contributed by atoms with Crippen LogP contribution in [0.15, 0.2) is 22.8 Å². The summed E-state index contributed by atoms with van der Waals surface area (Å²) in [5.41, 5.74) is 0.988. The van der Waals surface area contributed by atoms with Crippen LogP contribution in [0.5, 0.6) is 5.75 Å². The van der Waals surface area contributed by atoms with E-state index in [1.54, 1.807) is 12.3 Å². The Morgan fingerprint density at radius 1 is 1.41 bits per heavy atom. The van der Waals surface area contributed by atoms with Gasteiger partial charge in [0.25, 0.3) is 0 Å². The molecule has 0 bridgehead atoms. The van der Waals surface area contributed by atoms with Crippen LogP contribution in [0.4, 0.5) is 0 Å². The molecular formula is C12H13BrN2O2. The summed E-state index contributed by atoms with van der Waals surface area (Å²) >= 11 is 3.33.